The maximum Gasteiger partial charge on any atom is 0.244 e. The highest BCUT2D eigenvalue weighted by molar-refractivity contribution is 7.89. The smallest absolute Gasteiger partial charge is 0.244 e. The van der Waals surface area contributed by atoms with Crippen molar-refractivity contribution in [3.8, 4) is 11.8 Å². The highest BCUT2D eigenvalue weighted by atomic mass is 32.2. The molecule has 0 aromatic heterocycles. The van der Waals surface area contributed by atoms with Crippen LogP contribution in [-0.4, -0.2) is 56.9 Å². The standard InChI is InChI=1S/C15H21N3O2S/c1-13-12-17(2)10-11-18(13)21(19,20)15-8-4-3-6-14(15)7-5-9-16/h3-4,6,8,13H,9-12,16H2,1-2H3. The number of nitrogens with two attached hydrogens (primary N) is 1. The molecule has 2 rings (SSSR count). The molecule has 5 nitrogen and oxygen atoms in total. The number of piperazine rings is 1. The Morgan fingerprint density at radius 3 is 2.71 bits per heavy atom. The fraction of sp³-hybridized carbons (Fsp3) is 0.467. The molecular weight excluding hydrogens is 286 g/mol. The molecule has 114 valence electrons. The van der Waals surface area contributed by atoms with Crippen LogP contribution in [0.4, 0.5) is 0 Å². The van der Waals surface area contributed by atoms with Crippen molar-refractivity contribution in [2.75, 3.05) is 33.2 Å². The zero-order valence-electron chi connectivity index (χ0n) is 12.4. The van der Waals surface area contributed by atoms with Gasteiger partial charge in [-0.3, -0.25) is 0 Å². The topological polar surface area (TPSA) is 66.6 Å². The summed E-state index contributed by atoms with van der Waals surface area (Å²) >= 11 is 0. The summed E-state index contributed by atoms with van der Waals surface area (Å²) in [7, 11) is -1.53. The largest absolute Gasteiger partial charge is 0.320 e. The number of hydrogen-bond acceptors (Lipinski definition) is 4. The molecule has 1 aliphatic heterocycles. The summed E-state index contributed by atoms with van der Waals surface area (Å²) in [6.07, 6.45) is 0. The van der Waals surface area contributed by atoms with E-state index in [9.17, 15) is 8.42 Å². The highest BCUT2D eigenvalue weighted by Crippen LogP contribution is 2.23. The van der Waals surface area contributed by atoms with Gasteiger partial charge in [0.1, 0.15) is 0 Å². The number of likely N-dealkylation sites (N-methyl/N-ethyl adjacent to an activating group) is 1. The van der Waals surface area contributed by atoms with Gasteiger partial charge in [0.05, 0.1) is 11.4 Å². The number of hydrogen-bond donors (Lipinski definition) is 1. The summed E-state index contributed by atoms with van der Waals surface area (Å²) < 4.78 is 27.4. The lowest BCUT2D eigenvalue weighted by Crippen LogP contribution is -2.52. The summed E-state index contributed by atoms with van der Waals surface area (Å²) in [6, 6.07) is 6.79. The van der Waals surface area contributed by atoms with Crippen LogP contribution in [0.15, 0.2) is 29.2 Å². The first-order valence-electron chi connectivity index (χ1n) is 6.95. The Balaban J connectivity index is 2.40. The third-order valence-electron chi connectivity index (χ3n) is 3.57. The molecule has 0 aliphatic carbocycles. The van der Waals surface area contributed by atoms with Gasteiger partial charge in [0, 0.05) is 31.2 Å². The van der Waals surface area contributed by atoms with Crippen LogP contribution in [0.5, 0.6) is 0 Å². The van der Waals surface area contributed by atoms with Gasteiger partial charge in [-0.15, -0.1) is 0 Å². The van der Waals surface area contributed by atoms with Gasteiger partial charge >= 0.3 is 0 Å². The molecule has 1 aromatic rings. The summed E-state index contributed by atoms with van der Waals surface area (Å²) in [4.78, 5) is 2.40. The van der Waals surface area contributed by atoms with Crippen LogP contribution >= 0.6 is 0 Å². The van der Waals surface area contributed by atoms with Gasteiger partial charge < -0.3 is 10.6 Å². The Kier molecular flexibility index (Phi) is 5.01. The second kappa shape index (κ2) is 6.58. The molecule has 1 atom stereocenters. The normalized spacial score (nSPS) is 20.8. The SMILES string of the molecule is CC1CN(C)CCN1S(=O)(=O)c1ccccc1C#CCN. The molecule has 6 heteroatoms. The monoisotopic (exact) mass is 307 g/mol. The van der Waals surface area contributed by atoms with Gasteiger partial charge in [0.25, 0.3) is 0 Å². The lowest BCUT2D eigenvalue weighted by molar-refractivity contribution is 0.170. The van der Waals surface area contributed by atoms with Crippen molar-refractivity contribution in [1.82, 2.24) is 9.21 Å². The molecule has 1 saturated heterocycles. The van der Waals surface area contributed by atoms with Gasteiger partial charge in [-0.05, 0) is 26.1 Å². The van der Waals surface area contributed by atoms with Crippen molar-refractivity contribution < 1.29 is 8.42 Å². The van der Waals surface area contributed by atoms with Crippen LogP contribution < -0.4 is 5.73 Å². The highest BCUT2D eigenvalue weighted by Gasteiger charge is 2.33. The van der Waals surface area contributed by atoms with Gasteiger partial charge in [0.2, 0.25) is 10.0 Å². The number of nitrogens with zero attached hydrogens (tertiary/aromatic N) is 2. The third kappa shape index (κ3) is 3.44. The van der Waals surface area contributed by atoms with E-state index < -0.39 is 10.0 Å². The Hall–Kier alpha value is -1.39. The third-order valence-corrected chi connectivity index (χ3v) is 5.64. The quantitative estimate of drug-likeness (QED) is 0.799. The minimum atomic E-state index is -3.53. The molecule has 0 saturated carbocycles. The van der Waals surface area contributed by atoms with E-state index >= 15 is 0 Å². The molecule has 0 amide bonds. The van der Waals surface area contributed by atoms with E-state index in [1.807, 2.05) is 14.0 Å². The van der Waals surface area contributed by atoms with Crippen molar-refractivity contribution in [1.29, 1.82) is 0 Å². The molecule has 1 fully saturated rings. The zero-order valence-corrected chi connectivity index (χ0v) is 13.2. The number of sulfonamides is 1. The van der Waals surface area contributed by atoms with Gasteiger partial charge in [-0.25, -0.2) is 8.42 Å². The summed E-state index contributed by atoms with van der Waals surface area (Å²) in [5.74, 6) is 5.58. The minimum Gasteiger partial charge on any atom is -0.320 e. The average Bonchev–Trinajstić information content (AvgIpc) is 2.45. The van der Waals surface area contributed by atoms with E-state index in [-0.39, 0.29) is 17.5 Å². The van der Waals surface area contributed by atoms with E-state index in [1.165, 1.54) is 0 Å². The Morgan fingerprint density at radius 1 is 1.33 bits per heavy atom. The van der Waals surface area contributed by atoms with Crippen LogP contribution in [0.2, 0.25) is 0 Å². The van der Waals surface area contributed by atoms with Gasteiger partial charge in [-0.2, -0.15) is 4.31 Å². The second-order valence-electron chi connectivity index (χ2n) is 5.23. The van der Waals surface area contributed by atoms with Crippen molar-refractivity contribution in [3.63, 3.8) is 0 Å². The van der Waals surface area contributed by atoms with E-state index in [1.54, 1.807) is 28.6 Å². The zero-order chi connectivity index (χ0) is 15.5. The van der Waals surface area contributed by atoms with Crippen molar-refractivity contribution >= 4 is 10.0 Å². The van der Waals surface area contributed by atoms with Crippen molar-refractivity contribution in [3.05, 3.63) is 29.8 Å². The predicted molar refractivity (Wildman–Crippen MR) is 83.2 cm³/mol. The second-order valence-corrected chi connectivity index (χ2v) is 7.09. The molecule has 0 radical (unpaired) electrons. The Morgan fingerprint density at radius 2 is 2.05 bits per heavy atom. The maximum absolute atomic E-state index is 12.9. The summed E-state index contributed by atoms with van der Waals surface area (Å²) in [5, 5.41) is 0. The number of rotatable bonds is 2. The van der Waals surface area contributed by atoms with Crippen molar-refractivity contribution in [2.24, 2.45) is 5.73 Å². The number of benzene rings is 1. The van der Waals surface area contributed by atoms with E-state index in [2.05, 4.69) is 16.7 Å². The van der Waals surface area contributed by atoms with E-state index in [4.69, 9.17) is 5.73 Å². The fourth-order valence-electron chi connectivity index (χ4n) is 2.55. The lowest BCUT2D eigenvalue weighted by atomic mass is 10.2. The molecule has 0 spiro atoms. The summed E-state index contributed by atoms with van der Waals surface area (Å²) in [5.41, 5.74) is 5.89. The first kappa shape index (κ1) is 16.0. The molecular formula is C15H21N3O2S. The molecule has 1 unspecified atom stereocenters. The molecule has 1 aliphatic rings. The first-order chi connectivity index (χ1) is 9.96. The predicted octanol–water partition coefficient (Wildman–Crippen LogP) is 0.321. The lowest BCUT2D eigenvalue weighted by Gasteiger charge is -2.37. The molecule has 2 N–H and O–H groups in total. The van der Waals surface area contributed by atoms with Crippen LogP contribution in [0.3, 0.4) is 0 Å². The maximum atomic E-state index is 12.9. The molecule has 21 heavy (non-hydrogen) atoms. The molecule has 1 aromatic carbocycles. The van der Waals surface area contributed by atoms with Crippen LogP contribution in [0.25, 0.3) is 0 Å². The van der Waals surface area contributed by atoms with Crippen LogP contribution in [0.1, 0.15) is 12.5 Å². The first-order valence-corrected chi connectivity index (χ1v) is 8.39. The molecule has 0 bridgehead atoms. The Labute approximate surface area is 126 Å². The van der Waals surface area contributed by atoms with Crippen LogP contribution in [-0.2, 0) is 10.0 Å². The molecule has 1 heterocycles. The van der Waals surface area contributed by atoms with Gasteiger partial charge in [-0.1, -0.05) is 24.0 Å². The van der Waals surface area contributed by atoms with E-state index in [0.717, 1.165) is 13.1 Å². The van der Waals surface area contributed by atoms with Crippen LogP contribution in [0, 0.1) is 11.8 Å². The fourth-order valence-corrected chi connectivity index (χ4v) is 4.31. The van der Waals surface area contributed by atoms with Gasteiger partial charge in [0.15, 0.2) is 0 Å². The summed E-state index contributed by atoms with van der Waals surface area (Å²) in [6.45, 7) is 4.11. The average molecular weight is 307 g/mol. The van der Waals surface area contributed by atoms with Crippen molar-refractivity contribution in [2.45, 2.75) is 17.9 Å². The minimum absolute atomic E-state index is 0.0516. The Bertz CT molecular complexity index is 661. The van der Waals surface area contributed by atoms with E-state index in [0.29, 0.717) is 12.1 Å².